The van der Waals surface area contributed by atoms with Gasteiger partial charge in [-0.1, -0.05) is 0 Å². The topological polar surface area (TPSA) is 36.1 Å². The van der Waals surface area contributed by atoms with Crippen LogP contribution < -0.4 is 4.90 Å². The number of aromatic amines is 1. The first kappa shape index (κ1) is 6.86. The third-order valence-corrected chi connectivity index (χ3v) is 1.30. The van der Waals surface area contributed by atoms with Gasteiger partial charge in [-0.15, -0.1) is 0 Å². The van der Waals surface area contributed by atoms with Gasteiger partial charge in [0.2, 0.25) is 0 Å². The van der Waals surface area contributed by atoms with E-state index < -0.39 is 0 Å². The molecule has 0 bridgehead atoms. The standard InChI is InChI=1S/C7H9N2O/c1-2-9(6-10)7-4-3-5-8-7/h3-5,8H,2H2,1H3. The minimum absolute atomic E-state index is 0.643. The monoisotopic (exact) mass is 137 g/mol. The Morgan fingerprint density at radius 1 is 1.80 bits per heavy atom. The largest absolute Gasteiger partial charge is 0.348 e. The summed E-state index contributed by atoms with van der Waals surface area (Å²) in [4.78, 5) is 14.6. The minimum atomic E-state index is 0.643. The van der Waals surface area contributed by atoms with Crippen LogP contribution in [0.25, 0.3) is 0 Å². The van der Waals surface area contributed by atoms with Crippen LogP contribution in [0.3, 0.4) is 0 Å². The number of amides is 1. The van der Waals surface area contributed by atoms with Crippen molar-refractivity contribution in [2.45, 2.75) is 6.92 Å². The van der Waals surface area contributed by atoms with Crippen LogP contribution in [0.2, 0.25) is 0 Å². The first-order valence-electron chi connectivity index (χ1n) is 3.17. The number of carbonyl (C=O) groups excluding carboxylic acids is 1. The van der Waals surface area contributed by atoms with Crippen molar-refractivity contribution < 1.29 is 4.79 Å². The van der Waals surface area contributed by atoms with Gasteiger partial charge in [0.05, 0.1) is 0 Å². The zero-order valence-electron chi connectivity index (χ0n) is 5.79. The number of nitrogens with one attached hydrogen (secondary N) is 1. The van der Waals surface area contributed by atoms with E-state index in [1.165, 1.54) is 4.90 Å². The maximum atomic E-state index is 10.2. The van der Waals surface area contributed by atoms with Crippen LogP contribution in [0.1, 0.15) is 6.92 Å². The van der Waals surface area contributed by atoms with Gasteiger partial charge < -0.3 is 4.98 Å². The Bertz CT molecular complexity index is 193. The van der Waals surface area contributed by atoms with Crippen molar-refractivity contribution in [1.82, 2.24) is 4.98 Å². The summed E-state index contributed by atoms with van der Waals surface area (Å²) in [5.41, 5.74) is 0. The molecule has 10 heavy (non-hydrogen) atoms. The van der Waals surface area contributed by atoms with E-state index in [0.29, 0.717) is 6.54 Å². The van der Waals surface area contributed by atoms with Crippen molar-refractivity contribution in [1.29, 1.82) is 0 Å². The molecule has 53 valence electrons. The summed E-state index contributed by atoms with van der Waals surface area (Å²) >= 11 is 0. The summed E-state index contributed by atoms with van der Waals surface area (Å²) in [7, 11) is 0. The molecule has 0 aliphatic carbocycles. The quantitative estimate of drug-likeness (QED) is 0.617. The smallest absolute Gasteiger partial charge is 0.318 e. The summed E-state index contributed by atoms with van der Waals surface area (Å²) in [6.07, 6.45) is 3.58. The fraction of sp³-hybridized carbons (Fsp3) is 0.286. The number of H-pyrrole nitrogens is 1. The average molecular weight is 137 g/mol. The van der Waals surface area contributed by atoms with Crippen LogP contribution in [0, 0.1) is 0 Å². The van der Waals surface area contributed by atoms with Crippen LogP contribution in [0.4, 0.5) is 5.82 Å². The number of hydrogen-bond donors (Lipinski definition) is 1. The normalized spacial score (nSPS) is 9.30. The summed E-state index contributed by atoms with van der Waals surface area (Å²) in [5.74, 6) is 0.789. The molecular weight excluding hydrogens is 128 g/mol. The van der Waals surface area contributed by atoms with Gasteiger partial charge in [-0.25, -0.2) is 0 Å². The van der Waals surface area contributed by atoms with Gasteiger partial charge in [0, 0.05) is 12.7 Å². The van der Waals surface area contributed by atoms with Gasteiger partial charge in [0.1, 0.15) is 5.82 Å². The molecule has 0 aliphatic rings. The molecule has 1 radical (unpaired) electrons. The van der Waals surface area contributed by atoms with Crippen LogP contribution in [-0.4, -0.2) is 17.9 Å². The van der Waals surface area contributed by atoms with Crippen molar-refractivity contribution in [3.05, 3.63) is 18.3 Å². The molecule has 0 aliphatic heterocycles. The molecule has 1 N–H and O–H groups in total. The minimum Gasteiger partial charge on any atom is -0.348 e. The van der Waals surface area contributed by atoms with Crippen LogP contribution in [0.5, 0.6) is 0 Å². The molecular formula is C7H9N2O. The lowest BCUT2D eigenvalue weighted by molar-refractivity contribution is 0.551. The van der Waals surface area contributed by atoms with Crippen molar-refractivity contribution in [3.8, 4) is 0 Å². The molecule has 0 spiro atoms. The Morgan fingerprint density at radius 3 is 3.00 bits per heavy atom. The summed E-state index contributed by atoms with van der Waals surface area (Å²) < 4.78 is 0. The molecule has 3 nitrogen and oxygen atoms in total. The SMILES string of the molecule is CCN([C]=O)c1ccc[nH]1. The zero-order valence-corrected chi connectivity index (χ0v) is 5.79. The summed E-state index contributed by atoms with van der Waals surface area (Å²) in [6, 6.07) is 3.67. The molecule has 1 amide bonds. The Balaban J connectivity index is 2.73. The van der Waals surface area contributed by atoms with E-state index in [1.807, 2.05) is 19.1 Å². The Labute approximate surface area is 59.7 Å². The first-order valence-corrected chi connectivity index (χ1v) is 3.17. The van der Waals surface area contributed by atoms with E-state index in [-0.39, 0.29) is 0 Å². The number of hydrogen-bond acceptors (Lipinski definition) is 1. The van der Waals surface area contributed by atoms with Crippen molar-refractivity contribution >= 4 is 12.2 Å². The van der Waals surface area contributed by atoms with E-state index in [0.717, 1.165) is 5.82 Å². The second-order valence-corrected chi connectivity index (χ2v) is 1.89. The molecule has 0 aromatic carbocycles. The van der Waals surface area contributed by atoms with Gasteiger partial charge in [-0.2, -0.15) is 0 Å². The predicted molar refractivity (Wildman–Crippen MR) is 39.5 cm³/mol. The average Bonchev–Trinajstić information content (AvgIpc) is 2.43. The second kappa shape index (κ2) is 3.06. The second-order valence-electron chi connectivity index (χ2n) is 1.89. The fourth-order valence-electron chi connectivity index (χ4n) is 0.773. The van der Waals surface area contributed by atoms with Crippen molar-refractivity contribution in [2.24, 2.45) is 0 Å². The molecule has 0 saturated carbocycles. The highest BCUT2D eigenvalue weighted by Crippen LogP contribution is 2.06. The molecule has 0 atom stereocenters. The van der Waals surface area contributed by atoms with Gasteiger partial charge in [-0.3, -0.25) is 9.69 Å². The van der Waals surface area contributed by atoms with Crippen LogP contribution in [0.15, 0.2) is 18.3 Å². The molecule has 0 fully saturated rings. The molecule has 1 aromatic heterocycles. The lowest BCUT2D eigenvalue weighted by atomic mass is 10.5. The highest BCUT2D eigenvalue weighted by atomic mass is 16.1. The maximum Gasteiger partial charge on any atom is 0.318 e. The predicted octanol–water partition coefficient (Wildman–Crippen LogP) is 0.908. The third kappa shape index (κ3) is 1.18. The van der Waals surface area contributed by atoms with Gasteiger partial charge in [0.15, 0.2) is 0 Å². The number of anilines is 1. The van der Waals surface area contributed by atoms with Gasteiger partial charge in [-0.05, 0) is 19.1 Å². The van der Waals surface area contributed by atoms with Crippen LogP contribution in [-0.2, 0) is 4.79 Å². The molecule has 0 unspecified atom stereocenters. The zero-order chi connectivity index (χ0) is 7.40. The van der Waals surface area contributed by atoms with E-state index in [1.54, 1.807) is 12.6 Å². The van der Waals surface area contributed by atoms with E-state index in [2.05, 4.69) is 4.98 Å². The Kier molecular flexibility index (Phi) is 2.10. The van der Waals surface area contributed by atoms with E-state index >= 15 is 0 Å². The number of aromatic nitrogens is 1. The first-order chi connectivity index (χ1) is 4.88. The molecule has 1 aromatic rings. The summed E-state index contributed by atoms with van der Waals surface area (Å²) in [6.45, 7) is 2.54. The lowest BCUT2D eigenvalue weighted by Gasteiger charge is -2.09. The van der Waals surface area contributed by atoms with Gasteiger partial charge in [0.25, 0.3) is 0 Å². The lowest BCUT2D eigenvalue weighted by Crippen LogP contribution is -2.19. The Morgan fingerprint density at radius 2 is 2.60 bits per heavy atom. The van der Waals surface area contributed by atoms with Gasteiger partial charge >= 0.3 is 6.41 Å². The highest BCUT2D eigenvalue weighted by molar-refractivity contribution is 5.73. The third-order valence-electron chi connectivity index (χ3n) is 1.30. The molecule has 3 heteroatoms. The van der Waals surface area contributed by atoms with E-state index in [4.69, 9.17) is 0 Å². The molecule has 1 rings (SSSR count). The molecule has 0 saturated heterocycles. The highest BCUT2D eigenvalue weighted by Gasteiger charge is 2.01. The van der Waals surface area contributed by atoms with Crippen LogP contribution >= 0.6 is 0 Å². The summed E-state index contributed by atoms with van der Waals surface area (Å²) in [5, 5.41) is 0. The van der Waals surface area contributed by atoms with Crippen molar-refractivity contribution in [3.63, 3.8) is 0 Å². The number of rotatable bonds is 3. The molecule has 1 heterocycles. The fourth-order valence-corrected chi connectivity index (χ4v) is 0.773. The van der Waals surface area contributed by atoms with E-state index in [9.17, 15) is 4.79 Å². The Hall–Kier alpha value is -1.25. The number of nitrogens with zero attached hydrogens (tertiary/aromatic N) is 1. The van der Waals surface area contributed by atoms with Crippen molar-refractivity contribution in [2.75, 3.05) is 11.4 Å². The maximum absolute atomic E-state index is 10.2.